The summed E-state index contributed by atoms with van der Waals surface area (Å²) in [5.41, 5.74) is 3.74. The summed E-state index contributed by atoms with van der Waals surface area (Å²) in [6, 6.07) is 18.0. The number of carbonyl (C=O) groups excluding carboxylic acids is 2. The molecular formula is C30H35N3O5. The molecule has 3 aromatic carbocycles. The highest BCUT2D eigenvalue weighted by Crippen LogP contribution is 2.36. The second kappa shape index (κ2) is 11.0. The molecule has 0 radical (unpaired) electrons. The highest BCUT2D eigenvalue weighted by Gasteiger charge is 2.30. The van der Waals surface area contributed by atoms with Gasteiger partial charge in [0.25, 0.3) is 5.91 Å². The summed E-state index contributed by atoms with van der Waals surface area (Å²) in [6.07, 6.45) is 0.558. The van der Waals surface area contributed by atoms with Crippen LogP contribution in [0.4, 0.5) is 16.2 Å². The smallest absolute Gasteiger partial charge is 0.319 e. The second-order valence-electron chi connectivity index (χ2n) is 10.2. The van der Waals surface area contributed by atoms with Crippen LogP contribution < -0.4 is 29.7 Å². The first kappa shape index (κ1) is 26.9. The van der Waals surface area contributed by atoms with Crippen molar-refractivity contribution in [3.05, 3.63) is 77.4 Å². The van der Waals surface area contributed by atoms with Gasteiger partial charge in [-0.15, -0.1) is 0 Å². The van der Waals surface area contributed by atoms with Gasteiger partial charge < -0.3 is 29.7 Å². The van der Waals surface area contributed by atoms with Crippen molar-refractivity contribution >= 4 is 23.3 Å². The third-order valence-corrected chi connectivity index (χ3v) is 6.74. The van der Waals surface area contributed by atoms with Crippen molar-refractivity contribution in [1.82, 2.24) is 5.32 Å². The summed E-state index contributed by atoms with van der Waals surface area (Å²) < 4.78 is 16.1. The summed E-state index contributed by atoms with van der Waals surface area (Å²) in [6.45, 7) is 6.80. The predicted octanol–water partition coefficient (Wildman–Crippen LogP) is 5.92. The van der Waals surface area contributed by atoms with E-state index in [-0.39, 0.29) is 23.4 Å². The van der Waals surface area contributed by atoms with E-state index in [4.69, 9.17) is 14.2 Å². The Morgan fingerprint density at radius 1 is 0.868 bits per heavy atom. The van der Waals surface area contributed by atoms with Crippen LogP contribution in [-0.2, 0) is 5.41 Å². The SMILES string of the molecule is COc1ccc(C(C)(C)C)cc1NC(=O)NC1CCN(C(=O)c2ccc(OC)c(OC)c2)c2ccccc21. The molecule has 3 amide bonds. The molecule has 2 N–H and O–H groups in total. The van der Waals surface area contributed by atoms with Crippen LogP contribution in [-0.4, -0.2) is 39.8 Å². The third kappa shape index (κ3) is 5.54. The summed E-state index contributed by atoms with van der Waals surface area (Å²) in [4.78, 5) is 28.3. The van der Waals surface area contributed by atoms with Crippen LogP contribution in [0.15, 0.2) is 60.7 Å². The largest absolute Gasteiger partial charge is 0.495 e. The zero-order chi connectivity index (χ0) is 27.4. The molecule has 0 aliphatic carbocycles. The fourth-order valence-electron chi connectivity index (χ4n) is 4.64. The Labute approximate surface area is 223 Å². The molecule has 1 unspecified atom stereocenters. The maximum Gasteiger partial charge on any atom is 0.319 e. The maximum absolute atomic E-state index is 13.5. The summed E-state index contributed by atoms with van der Waals surface area (Å²) in [5.74, 6) is 1.49. The molecule has 1 aliphatic rings. The van der Waals surface area contributed by atoms with Gasteiger partial charge in [-0.3, -0.25) is 4.79 Å². The highest BCUT2D eigenvalue weighted by molar-refractivity contribution is 6.07. The average Bonchev–Trinajstić information content (AvgIpc) is 2.91. The fraction of sp³-hybridized carbons (Fsp3) is 0.333. The van der Waals surface area contributed by atoms with Crippen molar-refractivity contribution in [2.75, 3.05) is 38.1 Å². The standard InChI is InChI=1S/C30H35N3O5/c1-30(2,3)20-12-14-25(36-4)23(18-20)32-29(35)31-22-15-16-33(24-10-8-7-9-21(22)24)28(34)19-11-13-26(37-5)27(17-19)38-6/h7-14,17-18,22H,15-16H2,1-6H3,(H2,31,32,35). The van der Waals surface area contributed by atoms with E-state index in [1.165, 1.54) is 0 Å². The normalized spacial score (nSPS) is 14.8. The monoisotopic (exact) mass is 517 g/mol. The lowest BCUT2D eigenvalue weighted by Gasteiger charge is -2.35. The van der Waals surface area contributed by atoms with E-state index >= 15 is 0 Å². The lowest BCUT2D eigenvalue weighted by atomic mass is 9.87. The fourth-order valence-corrected chi connectivity index (χ4v) is 4.64. The Bertz CT molecular complexity index is 1330. The number of para-hydroxylation sites is 1. The van der Waals surface area contributed by atoms with Gasteiger partial charge in [0, 0.05) is 17.8 Å². The van der Waals surface area contributed by atoms with Gasteiger partial charge in [0.2, 0.25) is 0 Å². The maximum atomic E-state index is 13.5. The molecule has 1 heterocycles. The second-order valence-corrected chi connectivity index (χ2v) is 10.2. The minimum atomic E-state index is -0.339. The molecule has 0 spiro atoms. The zero-order valence-electron chi connectivity index (χ0n) is 22.8. The van der Waals surface area contributed by atoms with E-state index in [0.29, 0.717) is 41.5 Å². The molecule has 1 aliphatic heterocycles. The van der Waals surface area contributed by atoms with Crippen molar-refractivity contribution in [3.63, 3.8) is 0 Å². The van der Waals surface area contributed by atoms with E-state index in [1.54, 1.807) is 44.4 Å². The summed E-state index contributed by atoms with van der Waals surface area (Å²) in [5, 5.41) is 6.04. The van der Waals surface area contributed by atoms with Crippen molar-refractivity contribution in [3.8, 4) is 17.2 Å². The Balaban J connectivity index is 1.54. The third-order valence-electron chi connectivity index (χ3n) is 6.74. The Morgan fingerprint density at radius 3 is 2.24 bits per heavy atom. The number of hydrogen-bond acceptors (Lipinski definition) is 5. The Kier molecular flexibility index (Phi) is 7.80. The van der Waals surface area contributed by atoms with Crippen LogP contribution in [0.25, 0.3) is 0 Å². The number of carbonyl (C=O) groups is 2. The van der Waals surface area contributed by atoms with E-state index < -0.39 is 0 Å². The van der Waals surface area contributed by atoms with Gasteiger partial charge in [-0.25, -0.2) is 4.79 Å². The number of anilines is 2. The minimum Gasteiger partial charge on any atom is -0.495 e. The van der Waals surface area contributed by atoms with E-state index in [1.807, 2.05) is 42.5 Å². The zero-order valence-corrected chi connectivity index (χ0v) is 22.8. The molecular weight excluding hydrogens is 482 g/mol. The van der Waals surface area contributed by atoms with E-state index in [0.717, 1.165) is 16.8 Å². The minimum absolute atomic E-state index is 0.0780. The topological polar surface area (TPSA) is 89.1 Å². The average molecular weight is 518 g/mol. The predicted molar refractivity (Wildman–Crippen MR) is 149 cm³/mol. The number of urea groups is 1. The highest BCUT2D eigenvalue weighted by atomic mass is 16.5. The number of nitrogens with one attached hydrogen (secondary N) is 2. The Hall–Kier alpha value is -4.20. The number of nitrogens with zero attached hydrogens (tertiary/aromatic N) is 1. The van der Waals surface area contributed by atoms with Gasteiger partial charge in [0.15, 0.2) is 11.5 Å². The first-order valence-corrected chi connectivity index (χ1v) is 12.5. The van der Waals surface area contributed by atoms with Gasteiger partial charge in [0.1, 0.15) is 5.75 Å². The lowest BCUT2D eigenvalue weighted by Crippen LogP contribution is -2.42. The molecule has 0 saturated carbocycles. The number of ether oxygens (including phenoxy) is 3. The van der Waals surface area contributed by atoms with Crippen LogP contribution in [0, 0.1) is 0 Å². The van der Waals surface area contributed by atoms with Gasteiger partial charge in [-0.05, 0) is 59.4 Å². The number of hydrogen-bond donors (Lipinski definition) is 2. The molecule has 4 rings (SSSR count). The van der Waals surface area contributed by atoms with Crippen molar-refractivity contribution < 1.29 is 23.8 Å². The van der Waals surface area contributed by atoms with Crippen molar-refractivity contribution in [2.24, 2.45) is 0 Å². The molecule has 8 nitrogen and oxygen atoms in total. The van der Waals surface area contributed by atoms with Crippen molar-refractivity contribution in [2.45, 2.75) is 38.6 Å². The summed E-state index contributed by atoms with van der Waals surface area (Å²) >= 11 is 0. The number of benzene rings is 3. The number of amides is 3. The number of fused-ring (bicyclic) bond motifs is 1. The molecule has 8 heteroatoms. The van der Waals surface area contributed by atoms with Gasteiger partial charge in [-0.1, -0.05) is 45.0 Å². The van der Waals surface area contributed by atoms with Crippen LogP contribution in [0.1, 0.15) is 54.7 Å². The molecule has 200 valence electrons. The molecule has 0 fully saturated rings. The van der Waals surface area contributed by atoms with E-state index in [9.17, 15) is 9.59 Å². The molecule has 0 bridgehead atoms. The number of rotatable bonds is 6. The van der Waals surface area contributed by atoms with E-state index in [2.05, 4.69) is 31.4 Å². The van der Waals surface area contributed by atoms with Gasteiger partial charge in [0.05, 0.1) is 33.1 Å². The van der Waals surface area contributed by atoms with Gasteiger partial charge in [-0.2, -0.15) is 0 Å². The Morgan fingerprint density at radius 2 is 1.55 bits per heavy atom. The first-order valence-electron chi connectivity index (χ1n) is 12.5. The number of methoxy groups -OCH3 is 3. The summed E-state index contributed by atoms with van der Waals surface area (Å²) in [7, 11) is 4.68. The molecule has 3 aromatic rings. The van der Waals surface area contributed by atoms with Crippen molar-refractivity contribution in [1.29, 1.82) is 0 Å². The molecule has 1 atom stereocenters. The quantitative estimate of drug-likeness (QED) is 0.424. The molecule has 0 aromatic heterocycles. The van der Waals surface area contributed by atoms with Crippen LogP contribution in [0.2, 0.25) is 0 Å². The van der Waals surface area contributed by atoms with Crippen LogP contribution in [0.5, 0.6) is 17.2 Å². The lowest BCUT2D eigenvalue weighted by molar-refractivity contribution is 0.0983. The first-order chi connectivity index (χ1) is 18.2. The molecule has 38 heavy (non-hydrogen) atoms. The van der Waals surface area contributed by atoms with Crippen LogP contribution in [0.3, 0.4) is 0 Å². The molecule has 0 saturated heterocycles. The van der Waals surface area contributed by atoms with Gasteiger partial charge >= 0.3 is 6.03 Å². The van der Waals surface area contributed by atoms with Crippen LogP contribution >= 0.6 is 0 Å².